The van der Waals surface area contributed by atoms with E-state index < -0.39 is 12.0 Å². The monoisotopic (exact) mass is 299 g/mol. The fourth-order valence-corrected chi connectivity index (χ4v) is 2.74. The molecule has 0 aromatic heterocycles. The molecule has 0 saturated carbocycles. The van der Waals surface area contributed by atoms with Gasteiger partial charge in [0.25, 0.3) is 0 Å². The molecule has 0 spiro atoms. The number of aliphatic carboxylic acids is 1. The number of hydrogen-bond acceptors (Lipinski definition) is 3. The van der Waals surface area contributed by atoms with Gasteiger partial charge < -0.3 is 20.2 Å². The Hall–Kier alpha value is -1.30. The van der Waals surface area contributed by atoms with Crippen LogP contribution in [0.2, 0.25) is 0 Å². The highest BCUT2D eigenvalue weighted by Gasteiger charge is 2.26. The van der Waals surface area contributed by atoms with Gasteiger partial charge in [0.1, 0.15) is 6.04 Å². The third-order valence-electron chi connectivity index (χ3n) is 3.97. The van der Waals surface area contributed by atoms with Crippen LogP contribution in [0.25, 0.3) is 0 Å². The Kier molecular flexibility index (Phi) is 7.50. The van der Waals surface area contributed by atoms with E-state index in [-0.39, 0.29) is 6.03 Å². The summed E-state index contributed by atoms with van der Waals surface area (Å²) < 4.78 is 0. The highest BCUT2D eigenvalue weighted by atomic mass is 16.4. The highest BCUT2D eigenvalue weighted by molar-refractivity contribution is 5.82. The Bertz CT molecular complexity index is 339. The van der Waals surface area contributed by atoms with Gasteiger partial charge in [0, 0.05) is 19.6 Å². The fourth-order valence-electron chi connectivity index (χ4n) is 2.74. The Balaban J connectivity index is 2.40. The van der Waals surface area contributed by atoms with Crippen LogP contribution in [0.1, 0.15) is 39.0 Å². The van der Waals surface area contributed by atoms with E-state index in [0.29, 0.717) is 25.4 Å². The van der Waals surface area contributed by atoms with Gasteiger partial charge in [-0.2, -0.15) is 0 Å². The Labute approximate surface area is 127 Å². The molecule has 0 aromatic rings. The number of likely N-dealkylation sites (tertiary alicyclic amines) is 1. The zero-order valence-corrected chi connectivity index (χ0v) is 13.5. The summed E-state index contributed by atoms with van der Waals surface area (Å²) in [5, 5.41) is 11.8. The summed E-state index contributed by atoms with van der Waals surface area (Å²) in [7, 11) is 4.12. The first-order valence-electron chi connectivity index (χ1n) is 7.87. The average Bonchev–Trinajstić information content (AvgIpc) is 2.43. The van der Waals surface area contributed by atoms with Gasteiger partial charge in [0.05, 0.1) is 0 Å². The lowest BCUT2D eigenvalue weighted by Crippen LogP contribution is -2.50. The number of urea groups is 1. The number of unbranched alkanes of at least 4 members (excludes halogenated alkanes) is 1. The quantitative estimate of drug-likeness (QED) is 0.749. The number of carboxylic acid groups (broad SMARTS) is 1. The molecule has 1 fully saturated rings. The van der Waals surface area contributed by atoms with Crippen LogP contribution >= 0.6 is 0 Å². The maximum absolute atomic E-state index is 12.1. The molecule has 6 nitrogen and oxygen atoms in total. The van der Waals surface area contributed by atoms with Crippen molar-refractivity contribution in [3.05, 3.63) is 0 Å². The van der Waals surface area contributed by atoms with Crippen LogP contribution in [-0.4, -0.2) is 66.7 Å². The van der Waals surface area contributed by atoms with Crippen molar-refractivity contribution in [2.75, 3.05) is 33.7 Å². The molecule has 1 atom stereocenters. The van der Waals surface area contributed by atoms with Crippen LogP contribution in [0, 0.1) is 5.92 Å². The van der Waals surface area contributed by atoms with Crippen LogP contribution in [0.3, 0.4) is 0 Å². The molecule has 122 valence electrons. The number of hydrogen-bond donors (Lipinski definition) is 2. The summed E-state index contributed by atoms with van der Waals surface area (Å²) in [6.45, 7) is 4.48. The summed E-state index contributed by atoms with van der Waals surface area (Å²) >= 11 is 0. The summed E-state index contributed by atoms with van der Waals surface area (Å²) in [6, 6.07) is -1.00. The zero-order valence-electron chi connectivity index (χ0n) is 13.5. The molecule has 21 heavy (non-hydrogen) atoms. The average molecular weight is 299 g/mol. The fraction of sp³-hybridized carbons (Fsp3) is 0.867. The predicted molar refractivity (Wildman–Crippen MR) is 82.3 cm³/mol. The highest BCUT2D eigenvalue weighted by Crippen LogP contribution is 2.18. The topological polar surface area (TPSA) is 72.9 Å². The number of amides is 2. The second kappa shape index (κ2) is 8.87. The molecule has 0 aliphatic carbocycles. The van der Waals surface area contributed by atoms with Crippen LogP contribution in [0.5, 0.6) is 0 Å². The molecule has 2 amide bonds. The van der Waals surface area contributed by atoms with Crippen LogP contribution < -0.4 is 5.32 Å². The van der Waals surface area contributed by atoms with E-state index in [1.165, 1.54) is 0 Å². The SMILES string of the molecule is CCCCC(NC(=O)N1CCC(CN(C)C)CC1)C(=O)O. The second-order valence-electron chi connectivity index (χ2n) is 6.18. The minimum atomic E-state index is -0.945. The molecule has 1 saturated heterocycles. The third kappa shape index (κ3) is 6.33. The summed E-state index contributed by atoms with van der Waals surface area (Å²) in [4.78, 5) is 27.2. The van der Waals surface area contributed by atoms with Crippen molar-refractivity contribution in [2.24, 2.45) is 5.92 Å². The van der Waals surface area contributed by atoms with Crippen LogP contribution in [-0.2, 0) is 4.79 Å². The Morgan fingerprint density at radius 1 is 1.33 bits per heavy atom. The number of nitrogens with one attached hydrogen (secondary N) is 1. The van der Waals surface area contributed by atoms with Gasteiger partial charge in [-0.15, -0.1) is 0 Å². The van der Waals surface area contributed by atoms with Gasteiger partial charge in [-0.1, -0.05) is 19.8 Å². The molecule has 2 N–H and O–H groups in total. The largest absolute Gasteiger partial charge is 0.480 e. The zero-order chi connectivity index (χ0) is 15.8. The van der Waals surface area contributed by atoms with Crippen LogP contribution in [0.15, 0.2) is 0 Å². The number of nitrogens with zero attached hydrogens (tertiary/aromatic N) is 2. The van der Waals surface area contributed by atoms with Gasteiger partial charge in [-0.25, -0.2) is 9.59 Å². The number of carboxylic acids is 1. The van der Waals surface area contributed by atoms with E-state index in [9.17, 15) is 9.59 Å². The molecule has 0 radical (unpaired) electrons. The third-order valence-corrected chi connectivity index (χ3v) is 3.97. The number of piperidine rings is 1. The van der Waals surface area contributed by atoms with E-state index >= 15 is 0 Å². The second-order valence-corrected chi connectivity index (χ2v) is 6.18. The van der Waals surface area contributed by atoms with E-state index in [4.69, 9.17) is 5.11 Å². The maximum Gasteiger partial charge on any atom is 0.326 e. The summed E-state index contributed by atoms with van der Waals surface area (Å²) in [5.41, 5.74) is 0. The van der Waals surface area contributed by atoms with Crippen molar-refractivity contribution < 1.29 is 14.7 Å². The van der Waals surface area contributed by atoms with Crippen molar-refractivity contribution in [3.8, 4) is 0 Å². The number of carbonyl (C=O) groups excluding carboxylic acids is 1. The van der Waals surface area contributed by atoms with E-state index in [2.05, 4.69) is 24.3 Å². The molecule has 1 aliphatic heterocycles. The normalized spacial score (nSPS) is 17.8. The van der Waals surface area contributed by atoms with Crippen molar-refractivity contribution >= 4 is 12.0 Å². The Morgan fingerprint density at radius 3 is 2.43 bits per heavy atom. The molecular formula is C15H29N3O3. The van der Waals surface area contributed by atoms with Gasteiger partial charge in [-0.3, -0.25) is 0 Å². The van der Waals surface area contributed by atoms with Gasteiger partial charge >= 0.3 is 12.0 Å². The van der Waals surface area contributed by atoms with E-state index in [1.807, 2.05) is 6.92 Å². The molecule has 1 unspecified atom stereocenters. The van der Waals surface area contributed by atoms with Crippen molar-refractivity contribution in [2.45, 2.75) is 45.1 Å². The molecule has 6 heteroatoms. The lowest BCUT2D eigenvalue weighted by molar-refractivity contribution is -0.139. The lowest BCUT2D eigenvalue weighted by atomic mass is 9.96. The first-order valence-corrected chi connectivity index (χ1v) is 7.87. The van der Waals surface area contributed by atoms with Crippen LogP contribution in [0.4, 0.5) is 4.79 Å². The molecule has 0 aromatic carbocycles. The first kappa shape index (κ1) is 17.8. The standard InChI is InChI=1S/C15H29N3O3/c1-4-5-6-13(14(19)20)16-15(21)18-9-7-12(8-10-18)11-17(2)3/h12-13H,4-11H2,1-3H3,(H,16,21)(H,19,20). The first-order chi connectivity index (χ1) is 9.93. The molecule has 1 aliphatic rings. The lowest BCUT2D eigenvalue weighted by Gasteiger charge is -2.33. The molecule has 1 heterocycles. The summed E-state index contributed by atoms with van der Waals surface area (Å²) in [5.74, 6) is -0.321. The van der Waals surface area contributed by atoms with E-state index in [0.717, 1.165) is 32.2 Å². The number of carbonyl (C=O) groups is 2. The summed E-state index contributed by atoms with van der Waals surface area (Å²) in [6.07, 6.45) is 4.20. The molecular weight excluding hydrogens is 270 g/mol. The molecule has 0 bridgehead atoms. The van der Waals surface area contributed by atoms with Gasteiger partial charge in [0.15, 0.2) is 0 Å². The minimum Gasteiger partial charge on any atom is -0.480 e. The van der Waals surface area contributed by atoms with Crippen molar-refractivity contribution in [1.29, 1.82) is 0 Å². The molecule has 1 rings (SSSR count). The van der Waals surface area contributed by atoms with E-state index in [1.54, 1.807) is 4.90 Å². The van der Waals surface area contributed by atoms with Gasteiger partial charge in [-0.05, 0) is 39.3 Å². The van der Waals surface area contributed by atoms with Crippen molar-refractivity contribution in [1.82, 2.24) is 15.1 Å². The number of rotatable bonds is 7. The maximum atomic E-state index is 12.1. The van der Waals surface area contributed by atoms with Gasteiger partial charge in [0.2, 0.25) is 0 Å². The predicted octanol–water partition coefficient (Wildman–Crippen LogP) is 1.61. The smallest absolute Gasteiger partial charge is 0.326 e. The Morgan fingerprint density at radius 2 is 1.95 bits per heavy atom. The minimum absolute atomic E-state index is 0.234. The van der Waals surface area contributed by atoms with Crippen molar-refractivity contribution in [3.63, 3.8) is 0 Å².